The number of nitro benzene ring substituents is 1. The van der Waals surface area contributed by atoms with E-state index in [2.05, 4.69) is 20.5 Å². The fraction of sp³-hybridized carbons (Fsp3) is 0.167. The normalized spacial score (nSPS) is 10.5. The first-order chi connectivity index (χ1) is 14.4. The molecule has 0 radical (unpaired) electrons. The van der Waals surface area contributed by atoms with Crippen molar-refractivity contribution >= 4 is 40.6 Å². The first kappa shape index (κ1) is 21.4. The number of nitrogens with zero attached hydrogens (tertiary/aromatic N) is 3. The van der Waals surface area contributed by atoms with Crippen LogP contribution in [0.1, 0.15) is 5.82 Å². The summed E-state index contributed by atoms with van der Waals surface area (Å²) in [5, 5.41) is 21.4. The summed E-state index contributed by atoms with van der Waals surface area (Å²) in [6.45, 7) is 0.185. The summed E-state index contributed by atoms with van der Waals surface area (Å²) >= 11 is 6.96. The third-order valence-corrected chi connectivity index (χ3v) is 4.79. The van der Waals surface area contributed by atoms with Crippen LogP contribution in [0.25, 0.3) is 0 Å². The molecule has 0 aliphatic carbocycles. The molecule has 0 aliphatic rings. The van der Waals surface area contributed by atoms with Crippen LogP contribution in [0, 0.1) is 10.1 Å². The molecule has 1 heterocycles. The summed E-state index contributed by atoms with van der Waals surface area (Å²) in [5.74, 6) is 0.939. The van der Waals surface area contributed by atoms with Crippen molar-refractivity contribution in [3.63, 3.8) is 0 Å². The van der Waals surface area contributed by atoms with Gasteiger partial charge in [-0.2, -0.15) is 0 Å². The van der Waals surface area contributed by atoms with E-state index >= 15 is 0 Å². The summed E-state index contributed by atoms with van der Waals surface area (Å²) in [7, 11) is 1.32. The molecule has 0 bridgehead atoms. The molecule has 12 heteroatoms. The van der Waals surface area contributed by atoms with Gasteiger partial charge < -0.3 is 14.8 Å². The number of hydrogen-bond donors (Lipinski definition) is 2. The summed E-state index contributed by atoms with van der Waals surface area (Å²) in [5.41, 5.74) is 0.203. The van der Waals surface area contributed by atoms with Crippen LogP contribution in [0.3, 0.4) is 0 Å². The van der Waals surface area contributed by atoms with E-state index < -0.39 is 4.92 Å². The van der Waals surface area contributed by atoms with Crippen molar-refractivity contribution in [3.8, 4) is 11.5 Å². The zero-order chi connectivity index (χ0) is 21.5. The Kier molecular flexibility index (Phi) is 7.09. The molecule has 10 nitrogen and oxygen atoms in total. The zero-order valence-corrected chi connectivity index (χ0v) is 17.2. The highest BCUT2D eigenvalue weighted by Crippen LogP contribution is 2.29. The summed E-state index contributed by atoms with van der Waals surface area (Å²) in [4.78, 5) is 26.8. The second kappa shape index (κ2) is 9.94. The molecular weight excluding hydrogens is 434 g/mol. The van der Waals surface area contributed by atoms with Crippen molar-refractivity contribution in [2.45, 2.75) is 11.8 Å². The Bertz CT molecular complexity index is 1040. The largest absolute Gasteiger partial charge is 0.490 e. The molecule has 156 valence electrons. The lowest BCUT2D eigenvalue weighted by Gasteiger charge is -2.07. The van der Waals surface area contributed by atoms with Gasteiger partial charge in [-0.1, -0.05) is 23.4 Å². The fourth-order valence-electron chi connectivity index (χ4n) is 2.32. The van der Waals surface area contributed by atoms with Crippen LogP contribution in [0.4, 0.5) is 11.4 Å². The van der Waals surface area contributed by atoms with Crippen LogP contribution in [-0.4, -0.2) is 38.9 Å². The van der Waals surface area contributed by atoms with E-state index in [1.165, 1.54) is 25.3 Å². The zero-order valence-electron chi connectivity index (χ0n) is 15.6. The molecular formula is C18H16ClN5O5S. The lowest BCUT2D eigenvalue weighted by molar-refractivity contribution is -0.385. The number of rotatable bonds is 9. The smallest absolute Gasteiger partial charge is 0.311 e. The molecule has 1 amide bonds. The van der Waals surface area contributed by atoms with Crippen molar-refractivity contribution in [1.82, 2.24) is 15.2 Å². The van der Waals surface area contributed by atoms with E-state index in [0.717, 1.165) is 11.8 Å². The number of methoxy groups -OCH3 is 1. The second-order valence-electron chi connectivity index (χ2n) is 5.79. The quantitative estimate of drug-likeness (QED) is 0.287. The average Bonchev–Trinajstić information content (AvgIpc) is 3.19. The first-order valence-corrected chi connectivity index (χ1v) is 9.85. The predicted octanol–water partition coefficient (Wildman–Crippen LogP) is 3.68. The van der Waals surface area contributed by atoms with Gasteiger partial charge in [0.15, 0.2) is 11.6 Å². The molecule has 30 heavy (non-hydrogen) atoms. The van der Waals surface area contributed by atoms with Gasteiger partial charge in [-0.25, -0.2) is 4.98 Å². The number of carbonyl (C=O) groups is 1. The van der Waals surface area contributed by atoms with E-state index in [9.17, 15) is 14.9 Å². The number of halogens is 1. The van der Waals surface area contributed by atoms with Gasteiger partial charge in [-0.05, 0) is 30.3 Å². The highest BCUT2D eigenvalue weighted by Gasteiger charge is 2.16. The molecule has 3 aromatic rings. The van der Waals surface area contributed by atoms with Crippen molar-refractivity contribution in [1.29, 1.82) is 0 Å². The summed E-state index contributed by atoms with van der Waals surface area (Å²) in [6.07, 6.45) is 0. The number of ether oxygens (including phenoxy) is 2. The number of anilines is 1. The van der Waals surface area contributed by atoms with Gasteiger partial charge in [0.25, 0.3) is 0 Å². The number of aromatic nitrogens is 3. The van der Waals surface area contributed by atoms with Crippen LogP contribution in [0.5, 0.6) is 11.5 Å². The van der Waals surface area contributed by atoms with E-state index in [1.54, 1.807) is 24.3 Å². The van der Waals surface area contributed by atoms with Crippen molar-refractivity contribution in [2.24, 2.45) is 0 Å². The molecule has 0 saturated heterocycles. The number of amides is 1. The number of benzene rings is 2. The fourth-order valence-corrected chi connectivity index (χ4v) is 3.07. The summed E-state index contributed by atoms with van der Waals surface area (Å²) in [6, 6.07) is 11.0. The maximum absolute atomic E-state index is 12.1. The Morgan fingerprint density at radius 2 is 2.07 bits per heavy atom. The number of hydrogen-bond acceptors (Lipinski definition) is 8. The highest BCUT2D eigenvalue weighted by atomic mass is 35.5. The molecule has 1 aromatic heterocycles. The lowest BCUT2D eigenvalue weighted by atomic mass is 10.2. The molecule has 2 N–H and O–H groups in total. The SMILES string of the molecule is COc1cc(NC(=O)CSc2n[nH]c(COc3ccc(Cl)cc3)n2)ccc1[N+](=O)[O-]. The maximum Gasteiger partial charge on any atom is 0.311 e. The minimum absolute atomic E-state index is 0.0502. The maximum atomic E-state index is 12.1. The standard InChI is InChI=1S/C18H16ClN5O5S/c1-28-15-8-12(4-7-14(15)24(26)27)20-17(25)10-30-18-21-16(22-23-18)9-29-13-5-2-11(19)3-6-13/h2-8H,9-10H2,1H3,(H,20,25)(H,21,22,23). The van der Waals surface area contributed by atoms with Gasteiger partial charge in [0.05, 0.1) is 17.8 Å². The van der Waals surface area contributed by atoms with Gasteiger partial charge >= 0.3 is 5.69 Å². The van der Waals surface area contributed by atoms with Crippen LogP contribution < -0.4 is 14.8 Å². The molecule has 0 spiro atoms. The highest BCUT2D eigenvalue weighted by molar-refractivity contribution is 7.99. The topological polar surface area (TPSA) is 132 Å². The van der Waals surface area contributed by atoms with E-state index in [-0.39, 0.29) is 29.7 Å². The van der Waals surface area contributed by atoms with E-state index in [1.807, 2.05) is 0 Å². The van der Waals surface area contributed by atoms with Crippen molar-refractivity contribution in [2.75, 3.05) is 18.2 Å². The molecule has 3 rings (SSSR count). The van der Waals surface area contributed by atoms with E-state index in [4.69, 9.17) is 21.1 Å². The van der Waals surface area contributed by atoms with Gasteiger partial charge in [-0.15, -0.1) is 5.10 Å². The number of aromatic amines is 1. The monoisotopic (exact) mass is 449 g/mol. The Morgan fingerprint density at radius 3 is 2.77 bits per heavy atom. The Hall–Kier alpha value is -3.31. The third-order valence-electron chi connectivity index (χ3n) is 3.69. The van der Waals surface area contributed by atoms with E-state index in [0.29, 0.717) is 27.4 Å². The Labute approximate surface area is 180 Å². The van der Waals surface area contributed by atoms with Crippen LogP contribution in [0.15, 0.2) is 47.6 Å². The number of nitro groups is 1. The van der Waals surface area contributed by atoms with Gasteiger partial charge in [0.2, 0.25) is 11.1 Å². The Balaban J connectivity index is 1.49. The number of carbonyl (C=O) groups excluding carboxylic acids is 1. The van der Waals surface area contributed by atoms with Crippen LogP contribution in [-0.2, 0) is 11.4 Å². The van der Waals surface area contributed by atoms with Crippen LogP contribution in [0.2, 0.25) is 5.02 Å². The molecule has 0 saturated carbocycles. The Morgan fingerprint density at radius 1 is 1.30 bits per heavy atom. The van der Waals surface area contributed by atoms with Gasteiger partial charge in [-0.3, -0.25) is 20.0 Å². The average molecular weight is 450 g/mol. The number of H-pyrrole nitrogens is 1. The molecule has 0 atom stereocenters. The number of nitrogens with one attached hydrogen (secondary N) is 2. The minimum Gasteiger partial charge on any atom is -0.490 e. The van der Waals surface area contributed by atoms with Gasteiger partial charge in [0.1, 0.15) is 12.4 Å². The van der Waals surface area contributed by atoms with Gasteiger partial charge in [0, 0.05) is 22.8 Å². The minimum atomic E-state index is -0.558. The van der Waals surface area contributed by atoms with Crippen molar-refractivity contribution in [3.05, 3.63) is 63.4 Å². The predicted molar refractivity (Wildman–Crippen MR) is 111 cm³/mol. The third kappa shape index (κ3) is 5.84. The lowest BCUT2D eigenvalue weighted by Crippen LogP contribution is -2.14. The molecule has 0 aliphatic heterocycles. The van der Waals surface area contributed by atoms with Crippen LogP contribution >= 0.6 is 23.4 Å². The first-order valence-electron chi connectivity index (χ1n) is 8.49. The molecule has 0 unspecified atom stereocenters. The number of thioether (sulfide) groups is 1. The van der Waals surface area contributed by atoms with Crippen molar-refractivity contribution < 1.29 is 19.2 Å². The second-order valence-corrected chi connectivity index (χ2v) is 7.17. The molecule has 2 aromatic carbocycles. The molecule has 0 fully saturated rings. The summed E-state index contributed by atoms with van der Waals surface area (Å²) < 4.78 is 10.6.